The first-order chi connectivity index (χ1) is 18.0. The predicted molar refractivity (Wildman–Crippen MR) is 146 cm³/mol. The zero-order valence-corrected chi connectivity index (χ0v) is 23.0. The lowest BCUT2D eigenvalue weighted by Crippen LogP contribution is -2.12. The number of ether oxygens (including phenoxy) is 2. The maximum absolute atomic E-state index is 13.1. The van der Waals surface area contributed by atoms with Crippen LogP contribution >= 0.6 is 11.6 Å². The van der Waals surface area contributed by atoms with Gasteiger partial charge in [-0.15, -0.1) is 0 Å². The second-order valence-electron chi connectivity index (χ2n) is 9.64. The summed E-state index contributed by atoms with van der Waals surface area (Å²) in [5, 5.41) is 3.09. The zero-order chi connectivity index (χ0) is 27.5. The Balaban J connectivity index is 1.46. The molecule has 0 atom stereocenters. The highest BCUT2D eigenvalue weighted by Crippen LogP contribution is 2.30. The Kier molecular flexibility index (Phi) is 7.85. The monoisotopic (exact) mass is 553 g/mol. The molecule has 0 aliphatic heterocycles. The largest absolute Gasteiger partial charge is 0.497 e. The van der Waals surface area contributed by atoms with Gasteiger partial charge in [0.05, 0.1) is 16.9 Å². The van der Waals surface area contributed by atoms with E-state index in [0.29, 0.717) is 16.5 Å². The second kappa shape index (κ2) is 10.9. The van der Waals surface area contributed by atoms with E-state index in [9.17, 15) is 13.2 Å². The molecule has 4 rings (SSSR count). The van der Waals surface area contributed by atoms with Gasteiger partial charge in [-0.05, 0) is 71.6 Å². The molecule has 1 heterocycles. The molecule has 4 aromatic rings. The molecule has 9 heteroatoms. The van der Waals surface area contributed by atoms with Gasteiger partial charge < -0.3 is 19.2 Å². The first kappa shape index (κ1) is 27.3. The number of amides is 1. The maximum Gasteiger partial charge on any atom is 0.291 e. The van der Waals surface area contributed by atoms with E-state index in [2.05, 4.69) is 26.1 Å². The number of halogens is 1. The van der Waals surface area contributed by atoms with Crippen LogP contribution in [0.5, 0.6) is 11.5 Å². The number of carbonyl (C=O) groups is 1. The molecule has 38 heavy (non-hydrogen) atoms. The van der Waals surface area contributed by atoms with E-state index in [0.717, 1.165) is 0 Å². The molecule has 1 N–H and O–H groups in total. The maximum atomic E-state index is 13.1. The molecule has 0 saturated heterocycles. The Morgan fingerprint density at radius 2 is 1.58 bits per heavy atom. The number of hydrogen-bond acceptors (Lipinski definition) is 6. The molecular formula is C29H28ClNO6S. The molecule has 0 aliphatic carbocycles. The molecule has 0 bridgehead atoms. The highest BCUT2D eigenvalue weighted by atomic mass is 35.5. The van der Waals surface area contributed by atoms with Gasteiger partial charge in [-0.1, -0.05) is 44.5 Å². The van der Waals surface area contributed by atoms with Crippen molar-refractivity contribution in [3.63, 3.8) is 0 Å². The summed E-state index contributed by atoms with van der Waals surface area (Å²) in [5.74, 6) is 0.921. The van der Waals surface area contributed by atoms with E-state index >= 15 is 0 Å². The number of anilines is 1. The summed E-state index contributed by atoms with van der Waals surface area (Å²) in [5.41, 5.74) is 1.48. The molecule has 198 valence electrons. The van der Waals surface area contributed by atoms with Gasteiger partial charge >= 0.3 is 0 Å². The molecular weight excluding hydrogens is 526 g/mol. The third-order valence-electron chi connectivity index (χ3n) is 5.79. The van der Waals surface area contributed by atoms with Crippen molar-refractivity contribution in [2.75, 3.05) is 12.4 Å². The van der Waals surface area contributed by atoms with Gasteiger partial charge in [0.15, 0.2) is 5.76 Å². The topological polar surface area (TPSA) is 94.8 Å². The molecule has 0 fully saturated rings. The number of carbonyl (C=O) groups excluding carboxylic acids is 1. The quantitative estimate of drug-likeness (QED) is 0.255. The molecule has 0 saturated carbocycles. The number of hydrogen-bond donors (Lipinski definition) is 1. The fraction of sp³-hybridized carbons (Fsp3) is 0.207. The molecule has 7 nitrogen and oxygen atoms in total. The van der Waals surface area contributed by atoms with Crippen LogP contribution in [0.2, 0.25) is 5.02 Å². The van der Waals surface area contributed by atoms with Crippen molar-refractivity contribution in [1.82, 2.24) is 0 Å². The second-order valence-corrected chi connectivity index (χ2v) is 12.0. The number of sulfone groups is 1. The van der Waals surface area contributed by atoms with Gasteiger partial charge in [-0.3, -0.25) is 4.79 Å². The van der Waals surface area contributed by atoms with E-state index in [1.165, 1.54) is 61.2 Å². The van der Waals surface area contributed by atoms with E-state index in [4.69, 9.17) is 25.5 Å². The fourth-order valence-corrected chi connectivity index (χ4v) is 5.09. The van der Waals surface area contributed by atoms with Gasteiger partial charge in [0.25, 0.3) is 5.91 Å². The Hall–Kier alpha value is -3.75. The van der Waals surface area contributed by atoms with Crippen LogP contribution in [-0.2, 0) is 21.9 Å². The first-order valence-corrected chi connectivity index (χ1v) is 13.6. The van der Waals surface area contributed by atoms with Crippen LogP contribution in [0.25, 0.3) is 0 Å². The number of furan rings is 1. The molecule has 0 unspecified atom stereocenters. The van der Waals surface area contributed by atoms with Gasteiger partial charge in [-0.25, -0.2) is 8.42 Å². The smallest absolute Gasteiger partial charge is 0.291 e. The summed E-state index contributed by atoms with van der Waals surface area (Å²) in [7, 11) is -2.47. The molecule has 0 aliphatic rings. The Morgan fingerprint density at radius 1 is 0.895 bits per heavy atom. The Morgan fingerprint density at radius 3 is 2.21 bits per heavy atom. The van der Waals surface area contributed by atoms with Crippen LogP contribution in [0.1, 0.15) is 42.6 Å². The minimum absolute atomic E-state index is 0.0412. The summed E-state index contributed by atoms with van der Waals surface area (Å²) in [6.07, 6.45) is 0. The molecule has 3 aromatic carbocycles. The zero-order valence-electron chi connectivity index (χ0n) is 21.4. The molecule has 0 spiro atoms. The van der Waals surface area contributed by atoms with Gasteiger partial charge in [0.2, 0.25) is 9.84 Å². The van der Waals surface area contributed by atoms with E-state index < -0.39 is 15.7 Å². The molecule has 0 radical (unpaired) electrons. The lowest BCUT2D eigenvalue weighted by atomic mass is 9.87. The van der Waals surface area contributed by atoms with Crippen molar-refractivity contribution >= 4 is 33.0 Å². The van der Waals surface area contributed by atoms with Crippen molar-refractivity contribution in [1.29, 1.82) is 0 Å². The third-order valence-corrected chi connectivity index (χ3v) is 7.80. The van der Waals surface area contributed by atoms with Crippen LogP contribution in [0.3, 0.4) is 0 Å². The van der Waals surface area contributed by atoms with Crippen LogP contribution in [0.4, 0.5) is 5.69 Å². The van der Waals surface area contributed by atoms with Gasteiger partial charge in [-0.2, -0.15) is 0 Å². The van der Waals surface area contributed by atoms with Gasteiger partial charge in [0.1, 0.15) is 23.9 Å². The number of benzene rings is 3. The third kappa shape index (κ3) is 6.38. The van der Waals surface area contributed by atoms with E-state index in [1.54, 1.807) is 6.07 Å². The van der Waals surface area contributed by atoms with Crippen molar-refractivity contribution < 1.29 is 27.1 Å². The first-order valence-electron chi connectivity index (χ1n) is 11.8. The van der Waals surface area contributed by atoms with E-state index in [-0.39, 0.29) is 39.0 Å². The highest BCUT2D eigenvalue weighted by molar-refractivity contribution is 7.91. The van der Waals surface area contributed by atoms with E-state index in [1.807, 2.05) is 24.3 Å². The van der Waals surface area contributed by atoms with Crippen LogP contribution < -0.4 is 14.8 Å². The summed E-state index contributed by atoms with van der Waals surface area (Å²) < 4.78 is 43.0. The molecule has 1 aromatic heterocycles. The Bertz CT molecular complexity index is 1540. The van der Waals surface area contributed by atoms with Crippen molar-refractivity contribution in [3.8, 4) is 11.5 Å². The van der Waals surface area contributed by atoms with Crippen LogP contribution in [-0.4, -0.2) is 21.4 Å². The SMILES string of the molecule is COc1cc(NC(=O)c2ccc(COc3ccc(C(C)(C)C)cc3)o2)cc(S(=O)(=O)c2ccc(Cl)cc2)c1. The van der Waals surface area contributed by atoms with Crippen LogP contribution in [0, 0.1) is 0 Å². The molecule has 1 amide bonds. The number of nitrogens with one attached hydrogen (secondary N) is 1. The summed E-state index contributed by atoms with van der Waals surface area (Å²) in [6.45, 7) is 6.57. The summed E-state index contributed by atoms with van der Waals surface area (Å²) in [4.78, 5) is 12.9. The van der Waals surface area contributed by atoms with Crippen molar-refractivity contribution in [3.05, 3.63) is 101 Å². The number of rotatable bonds is 8. The standard InChI is InChI=1S/C29H28ClNO6S/c1-29(2,3)19-5-9-22(10-6-19)36-18-23-11-14-27(37-23)28(32)31-21-15-24(35-4)17-26(16-21)38(33,34)25-12-7-20(30)8-13-25/h5-17H,18H2,1-4H3,(H,31,32). The van der Waals surface area contributed by atoms with Crippen LogP contribution in [0.15, 0.2) is 93.1 Å². The number of methoxy groups -OCH3 is 1. The van der Waals surface area contributed by atoms with Crippen molar-refractivity contribution in [2.45, 2.75) is 42.6 Å². The van der Waals surface area contributed by atoms with Crippen molar-refractivity contribution in [2.24, 2.45) is 0 Å². The average molecular weight is 554 g/mol. The van der Waals surface area contributed by atoms with Gasteiger partial charge in [0, 0.05) is 16.8 Å². The minimum atomic E-state index is -3.88. The summed E-state index contributed by atoms with van der Waals surface area (Å²) >= 11 is 5.89. The minimum Gasteiger partial charge on any atom is -0.497 e. The average Bonchev–Trinajstić information content (AvgIpc) is 3.36. The summed E-state index contributed by atoms with van der Waals surface area (Å²) in [6, 6.07) is 21.1. The lowest BCUT2D eigenvalue weighted by molar-refractivity contribution is 0.0992. The lowest BCUT2D eigenvalue weighted by Gasteiger charge is -2.19. The normalized spacial score (nSPS) is 11.7. The highest BCUT2D eigenvalue weighted by Gasteiger charge is 2.21. The fourth-order valence-electron chi connectivity index (χ4n) is 3.64. The predicted octanol–water partition coefficient (Wildman–Crippen LogP) is 6.90. The Labute approximate surface area is 227 Å².